The van der Waals surface area contributed by atoms with Gasteiger partial charge in [0.1, 0.15) is 11.9 Å². The number of likely N-dealkylation sites (tertiary alicyclic amines) is 1. The van der Waals surface area contributed by atoms with E-state index in [0.717, 1.165) is 30.9 Å². The maximum atomic E-state index is 10.7. The van der Waals surface area contributed by atoms with Crippen molar-refractivity contribution < 1.29 is 14.9 Å². The molecule has 2 aromatic carbocycles. The van der Waals surface area contributed by atoms with Crippen LogP contribution in [0, 0.1) is 0 Å². The number of anilines is 1. The van der Waals surface area contributed by atoms with Crippen LogP contribution in [0.25, 0.3) is 0 Å². The molecule has 0 saturated carbocycles. The van der Waals surface area contributed by atoms with E-state index in [1.54, 1.807) is 31.5 Å². The van der Waals surface area contributed by atoms with Crippen LogP contribution < -0.4 is 10.1 Å². The summed E-state index contributed by atoms with van der Waals surface area (Å²) < 4.78 is 5.74. The number of hydrogen-bond donors (Lipinski definition) is 3. The lowest BCUT2D eigenvalue weighted by molar-refractivity contribution is 0.0189. The van der Waals surface area contributed by atoms with Crippen molar-refractivity contribution in [1.29, 1.82) is 0 Å². The predicted octanol–water partition coefficient (Wildman–Crippen LogP) is 3.76. The molecule has 1 aliphatic rings. The minimum Gasteiger partial charge on any atom is -0.424 e. The van der Waals surface area contributed by atoms with Gasteiger partial charge in [-0.1, -0.05) is 24.3 Å². The third-order valence-electron chi connectivity index (χ3n) is 5.69. The van der Waals surface area contributed by atoms with Gasteiger partial charge in [0.2, 0.25) is 0 Å². The molecule has 3 N–H and O–H groups in total. The van der Waals surface area contributed by atoms with Gasteiger partial charge in [0.15, 0.2) is 0 Å². The van der Waals surface area contributed by atoms with E-state index in [2.05, 4.69) is 32.3 Å². The van der Waals surface area contributed by atoms with Gasteiger partial charge in [-0.15, -0.1) is 0 Å². The van der Waals surface area contributed by atoms with Gasteiger partial charge in [-0.2, -0.15) is 0 Å². The Morgan fingerprint density at radius 3 is 2.41 bits per heavy atom. The van der Waals surface area contributed by atoms with Crippen molar-refractivity contribution >= 4 is 5.69 Å². The normalized spacial score (nSPS) is 17.0. The highest BCUT2D eigenvalue weighted by molar-refractivity contribution is 5.48. The standard InChI is InChI=1S/C25H30N4O3/c1-18(30)24(31)23(20-6-4-7-22(16-20)32-25-26-12-5-13-27-25)28-21-10-8-19(9-11-21)17-29-14-2-3-15-29/h4-13,16,18,23-24,28,30-31H,2-3,14-15,17H2,1H3/t18-,23+,24+/m0/s1. The number of rotatable bonds is 9. The molecule has 1 fully saturated rings. The molecule has 3 atom stereocenters. The van der Waals surface area contributed by atoms with E-state index in [0.29, 0.717) is 5.75 Å². The minimum absolute atomic E-state index is 0.249. The van der Waals surface area contributed by atoms with Crippen molar-refractivity contribution in [3.8, 4) is 11.8 Å². The Morgan fingerprint density at radius 2 is 1.72 bits per heavy atom. The Morgan fingerprint density at radius 1 is 1.00 bits per heavy atom. The van der Waals surface area contributed by atoms with E-state index in [1.807, 2.05) is 30.3 Å². The number of aromatic nitrogens is 2. The second kappa shape index (κ2) is 10.5. The SMILES string of the molecule is C[C@H](O)[C@@H](O)[C@H](Nc1ccc(CN2CCCC2)cc1)c1cccc(Oc2ncccn2)c1. The summed E-state index contributed by atoms with van der Waals surface area (Å²) in [6.45, 7) is 4.86. The summed E-state index contributed by atoms with van der Waals surface area (Å²) in [6, 6.07) is 17.1. The van der Waals surface area contributed by atoms with Gasteiger partial charge in [-0.3, -0.25) is 4.90 Å². The van der Waals surface area contributed by atoms with Gasteiger partial charge in [-0.25, -0.2) is 9.97 Å². The zero-order valence-electron chi connectivity index (χ0n) is 18.3. The van der Waals surface area contributed by atoms with E-state index in [-0.39, 0.29) is 6.01 Å². The zero-order chi connectivity index (χ0) is 22.3. The highest BCUT2D eigenvalue weighted by Crippen LogP contribution is 2.29. The van der Waals surface area contributed by atoms with Gasteiger partial charge >= 0.3 is 6.01 Å². The first-order chi connectivity index (χ1) is 15.6. The number of hydrogen-bond acceptors (Lipinski definition) is 7. The number of aliphatic hydroxyl groups excluding tert-OH is 2. The fraction of sp³-hybridized carbons (Fsp3) is 0.360. The van der Waals surface area contributed by atoms with E-state index in [9.17, 15) is 10.2 Å². The van der Waals surface area contributed by atoms with Gasteiger partial charge in [-0.05, 0) is 74.3 Å². The summed E-state index contributed by atoms with van der Waals surface area (Å²) in [7, 11) is 0. The number of aliphatic hydroxyl groups is 2. The zero-order valence-corrected chi connectivity index (χ0v) is 18.3. The average Bonchev–Trinajstić information content (AvgIpc) is 3.32. The quantitative estimate of drug-likeness (QED) is 0.472. The molecule has 0 spiro atoms. The molecule has 0 unspecified atom stereocenters. The molecule has 1 saturated heterocycles. The number of ether oxygens (including phenoxy) is 1. The topological polar surface area (TPSA) is 90.7 Å². The predicted molar refractivity (Wildman–Crippen MR) is 124 cm³/mol. The van der Waals surface area contributed by atoms with Crippen LogP contribution in [0.3, 0.4) is 0 Å². The average molecular weight is 435 g/mol. The molecule has 0 aliphatic carbocycles. The van der Waals surface area contributed by atoms with Gasteiger partial charge in [0.05, 0.1) is 12.1 Å². The van der Waals surface area contributed by atoms with Crippen LogP contribution in [0.15, 0.2) is 67.0 Å². The second-order valence-corrected chi connectivity index (χ2v) is 8.24. The summed E-state index contributed by atoms with van der Waals surface area (Å²) in [5.74, 6) is 0.555. The van der Waals surface area contributed by atoms with Crippen molar-refractivity contribution in [2.45, 2.75) is 44.6 Å². The molecule has 32 heavy (non-hydrogen) atoms. The molecule has 4 rings (SSSR count). The molecule has 2 heterocycles. The molecule has 0 radical (unpaired) electrons. The molecule has 0 bridgehead atoms. The minimum atomic E-state index is -1.01. The molecule has 7 heteroatoms. The van der Waals surface area contributed by atoms with E-state index >= 15 is 0 Å². The lowest BCUT2D eigenvalue weighted by Crippen LogP contribution is -2.34. The largest absolute Gasteiger partial charge is 0.424 e. The summed E-state index contributed by atoms with van der Waals surface area (Å²) in [6.07, 6.45) is 3.85. The highest BCUT2D eigenvalue weighted by atomic mass is 16.5. The van der Waals surface area contributed by atoms with E-state index in [1.165, 1.54) is 18.4 Å². The number of benzene rings is 2. The fourth-order valence-electron chi connectivity index (χ4n) is 3.94. The van der Waals surface area contributed by atoms with Gasteiger partial charge in [0, 0.05) is 24.6 Å². The molecule has 168 valence electrons. The van der Waals surface area contributed by atoms with Crippen LogP contribution in [-0.4, -0.2) is 50.4 Å². The van der Waals surface area contributed by atoms with E-state index < -0.39 is 18.2 Å². The third kappa shape index (κ3) is 5.82. The van der Waals surface area contributed by atoms with Crippen molar-refractivity contribution in [3.63, 3.8) is 0 Å². The summed E-state index contributed by atoms with van der Waals surface area (Å²) in [4.78, 5) is 10.6. The third-order valence-corrected chi connectivity index (χ3v) is 5.69. The lowest BCUT2D eigenvalue weighted by Gasteiger charge is -2.28. The first-order valence-electron chi connectivity index (χ1n) is 11.1. The first-order valence-corrected chi connectivity index (χ1v) is 11.1. The molecular formula is C25H30N4O3. The molecule has 1 aromatic heterocycles. The molecule has 3 aromatic rings. The van der Waals surface area contributed by atoms with Crippen LogP contribution in [-0.2, 0) is 6.54 Å². The maximum Gasteiger partial charge on any atom is 0.321 e. The summed E-state index contributed by atoms with van der Waals surface area (Å²) in [5.41, 5.74) is 2.92. The van der Waals surface area contributed by atoms with Crippen LogP contribution in [0.1, 0.15) is 36.9 Å². The molecule has 0 amide bonds. The van der Waals surface area contributed by atoms with Crippen LogP contribution >= 0.6 is 0 Å². The second-order valence-electron chi connectivity index (χ2n) is 8.24. The van der Waals surface area contributed by atoms with Crippen LogP contribution in [0.4, 0.5) is 5.69 Å². The Hall–Kier alpha value is -3.00. The summed E-state index contributed by atoms with van der Waals surface area (Å²) in [5, 5.41) is 24.2. The van der Waals surface area contributed by atoms with Crippen LogP contribution in [0.2, 0.25) is 0 Å². The van der Waals surface area contributed by atoms with Crippen molar-refractivity contribution in [3.05, 3.63) is 78.1 Å². The van der Waals surface area contributed by atoms with Crippen molar-refractivity contribution in [2.24, 2.45) is 0 Å². The number of nitrogens with zero attached hydrogens (tertiary/aromatic N) is 3. The molecular weight excluding hydrogens is 404 g/mol. The van der Waals surface area contributed by atoms with Gasteiger partial charge in [0.25, 0.3) is 0 Å². The molecule has 7 nitrogen and oxygen atoms in total. The smallest absolute Gasteiger partial charge is 0.321 e. The summed E-state index contributed by atoms with van der Waals surface area (Å²) >= 11 is 0. The Bertz CT molecular complexity index is 976. The maximum absolute atomic E-state index is 10.7. The Labute approximate surface area is 188 Å². The van der Waals surface area contributed by atoms with Crippen molar-refractivity contribution in [2.75, 3.05) is 18.4 Å². The Balaban J connectivity index is 1.50. The fourth-order valence-corrected chi connectivity index (χ4v) is 3.94. The first kappa shape index (κ1) is 22.2. The lowest BCUT2D eigenvalue weighted by atomic mass is 9.97. The van der Waals surface area contributed by atoms with E-state index in [4.69, 9.17) is 4.74 Å². The Kier molecular flexibility index (Phi) is 7.32. The van der Waals surface area contributed by atoms with Gasteiger partial charge < -0.3 is 20.3 Å². The monoisotopic (exact) mass is 434 g/mol. The molecule has 1 aliphatic heterocycles. The van der Waals surface area contributed by atoms with Crippen molar-refractivity contribution in [1.82, 2.24) is 14.9 Å². The van der Waals surface area contributed by atoms with Crippen LogP contribution in [0.5, 0.6) is 11.8 Å². The number of nitrogens with one attached hydrogen (secondary N) is 1. The highest BCUT2D eigenvalue weighted by Gasteiger charge is 2.26.